The number of ketones is 1. The van der Waals surface area contributed by atoms with Crippen LogP contribution < -0.4 is 0 Å². The minimum absolute atomic E-state index is 0.0582. The molecule has 0 saturated heterocycles. The van der Waals surface area contributed by atoms with Gasteiger partial charge in [-0.3, -0.25) is 9.59 Å². The van der Waals surface area contributed by atoms with Gasteiger partial charge in [-0.25, -0.2) is 8.78 Å². The van der Waals surface area contributed by atoms with Crippen molar-refractivity contribution in [3.05, 3.63) is 34.9 Å². The molecule has 0 amide bonds. The monoisotopic (exact) mass is 212 g/mol. The molecule has 0 saturated carbocycles. The molecule has 0 aliphatic carbocycles. The van der Waals surface area contributed by atoms with Crippen molar-refractivity contribution in [3.63, 3.8) is 0 Å². The Bertz CT molecular complexity index is 386. The first-order chi connectivity index (χ1) is 7.11. The summed E-state index contributed by atoms with van der Waals surface area (Å²) in [5, 5.41) is 0. The largest absolute Gasteiger partial charge is 0.298 e. The lowest BCUT2D eigenvalue weighted by atomic mass is 9.98. The maximum atomic E-state index is 12.7. The number of Topliss-reactive ketones (excluding diaryl/α,β-unsaturated/α-hetero) is 1. The van der Waals surface area contributed by atoms with Gasteiger partial charge in [0.05, 0.1) is 0 Å². The third-order valence-corrected chi connectivity index (χ3v) is 2.11. The molecule has 0 aliphatic heterocycles. The topological polar surface area (TPSA) is 34.1 Å². The van der Waals surface area contributed by atoms with Crippen LogP contribution in [0.15, 0.2) is 18.2 Å². The third-order valence-electron chi connectivity index (χ3n) is 2.11. The molecular formula is C11H10F2O2. The fourth-order valence-electron chi connectivity index (χ4n) is 1.36. The molecule has 0 spiro atoms. The lowest BCUT2D eigenvalue weighted by Crippen LogP contribution is -2.06. The van der Waals surface area contributed by atoms with E-state index in [2.05, 4.69) is 0 Å². The van der Waals surface area contributed by atoms with Crippen molar-refractivity contribution in [1.82, 2.24) is 0 Å². The molecule has 1 aromatic rings. The molecule has 0 aromatic heterocycles. The van der Waals surface area contributed by atoms with Crippen molar-refractivity contribution in [3.8, 4) is 0 Å². The van der Waals surface area contributed by atoms with Gasteiger partial charge < -0.3 is 0 Å². The summed E-state index contributed by atoms with van der Waals surface area (Å²) in [7, 11) is 0. The van der Waals surface area contributed by atoms with E-state index in [9.17, 15) is 18.4 Å². The van der Waals surface area contributed by atoms with Crippen molar-refractivity contribution in [1.29, 1.82) is 0 Å². The van der Waals surface area contributed by atoms with Gasteiger partial charge in [-0.15, -0.1) is 0 Å². The van der Waals surface area contributed by atoms with Gasteiger partial charge in [-0.05, 0) is 0 Å². The Labute approximate surface area is 85.9 Å². The Hall–Kier alpha value is -1.58. The van der Waals surface area contributed by atoms with Crippen LogP contribution in [0.4, 0.5) is 8.78 Å². The molecule has 2 nitrogen and oxygen atoms in total. The summed E-state index contributed by atoms with van der Waals surface area (Å²) in [4.78, 5) is 21.9. The van der Waals surface area contributed by atoms with Crippen LogP contribution in [-0.2, 0) is 0 Å². The van der Waals surface area contributed by atoms with Gasteiger partial charge in [-0.1, -0.05) is 25.1 Å². The van der Waals surface area contributed by atoms with Gasteiger partial charge in [0.25, 0.3) is 6.43 Å². The molecule has 0 radical (unpaired) electrons. The predicted molar refractivity (Wildman–Crippen MR) is 51.4 cm³/mol. The van der Waals surface area contributed by atoms with E-state index >= 15 is 0 Å². The van der Waals surface area contributed by atoms with Crippen LogP contribution >= 0.6 is 0 Å². The van der Waals surface area contributed by atoms with E-state index in [4.69, 9.17) is 0 Å². The van der Waals surface area contributed by atoms with Gasteiger partial charge in [0, 0.05) is 23.1 Å². The van der Waals surface area contributed by atoms with E-state index in [1.165, 1.54) is 18.2 Å². The Kier molecular flexibility index (Phi) is 3.66. The highest BCUT2D eigenvalue weighted by Gasteiger charge is 2.20. The van der Waals surface area contributed by atoms with E-state index in [0.717, 1.165) is 0 Å². The van der Waals surface area contributed by atoms with Crippen LogP contribution in [-0.4, -0.2) is 12.1 Å². The summed E-state index contributed by atoms with van der Waals surface area (Å²) in [5.41, 5.74) is -0.638. The number of alkyl halides is 2. The highest BCUT2D eigenvalue weighted by atomic mass is 19.3. The number of carbonyl (C=O) groups excluding carboxylic acids is 2. The van der Waals surface area contributed by atoms with Gasteiger partial charge in [-0.2, -0.15) is 0 Å². The summed E-state index contributed by atoms with van der Waals surface area (Å²) in [6.45, 7) is 1.59. The minimum Gasteiger partial charge on any atom is -0.298 e. The predicted octanol–water partition coefficient (Wildman–Crippen LogP) is 3.03. The zero-order valence-electron chi connectivity index (χ0n) is 8.17. The molecule has 15 heavy (non-hydrogen) atoms. The van der Waals surface area contributed by atoms with Crippen molar-refractivity contribution in [2.24, 2.45) is 0 Å². The maximum absolute atomic E-state index is 12.7. The van der Waals surface area contributed by atoms with E-state index in [1.54, 1.807) is 6.92 Å². The van der Waals surface area contributed by atoms with Gasteiger partial charge in [0.2, 0.25) is 0 Å². The second kappa shape index (κ2) is 4.77. The lowest BCUT2D eigenvalue weighted by molar-refractivity contribution is 0.0973. The fourth-order valence-corrected chi connectivity index (χ4v) is 1.36. The van der Waals surface area contributed by atoms with Crippen LogP contribution in [0.25, 0.3) is 0 Å². The molecule has 1 aromatic carbocycles. The number of carbonyl (C=O) groups is 2. The molecule has 0 unspecified atom stereocenters. The normalized spacial score (nSPS) is 10.4. The lowest BCUT2D eigenvalue weighted by Gasteiger charge is -2.08. The Balaban J connectivity index is 3.37. The smallest absolute Gasteiger partial charge is 0.265 e. The molecule has 0 heterocycles. The van der Waals surface area contributed by atoms with Gasteiger partial charge in [0.1, 0.15) is 0 Å². The second-order valence-corrected chi connectivity index (χ2v) is 3.00. The van der Waals surface area contributed by atoms with Crippen molar-refractivity contribution >= 4 is 12.1 Å². The molecule has 80 valence electrons. The third kappa shape index (κ3) is 2.26. The second-order valence-electron chi connectivity index (χ2n) is 3.00. The quantitative estimate of drug-likeness (QED) is 0.567. The standard InChI is InChI=1S/C11H10F2O2/c1-2-9(15)8-5-3-4-7(6-14)10(8)11(12)13/h3-6,11H,2H2,1H3. The Morgan fingerprint density at radius 1 is 1.47 bits per heavy atom. The Morgan fingerprint density at radius 3 is 2.60 bits per heavy atom. The van der Waals surface area contributed by atoms with Crippen LogP contribution in [0.5, 0.6) is 0 Å². The highest BCUT2D eigenvalue weighted by Crippen LogP contribution is 2.26. The van der Waals surface area contributed by atoms with E-state index in [-0.39, 0.29) is 23.3 Å². The number of rotatable bonds is 4. The summed E-state index contributed by atoms with van der Waals surface area (Å²) in [6.07, 6.45) is -2.33. The molecule has 0 aliphatic rings. The van der Waals surface area contributed by atoms with Crippen LogP contribution in [0, 0.1) is 0 Å². The fraction of sp³-hybridized carbons (Fsp3) is 0.273. The molecule has 0 N–H and O–H groups in total. The average Bonchev–Trinajstić information content (AvgIpc) is 2.26. The first kappa shape index (κ1) is 11.5. The van der Waals surface area contributed by atoms with Crippen LogP contribution in [0.1, 0.15) is 46.0 Å². The summed E-state index contributed by atoms with van der Waals surface area (Å²) < 4.78 is 25.3. The van der Waals surface area contributed by atoms with Crippen molar-refractivity contribution in [2.75, 3.05) is 0 Å². The van der Waals surface area contributed by atoms with Crippen LogP contribution in [0.3, 0.4) is 0 Å². The summed E-state index contributed by atoms with van der Waals surface area (Å²) in [5.74, 6) is -0.381. The van der Waals surface area contributed by atoms with Crippen molar-refractivity contribution < 1.29 is 18.4 Å². The molecule has 1 rings (SSSR count). The highest BCUT2D eigenvalue weighted by molar-refractivity contribution is 5.99. The number of hydrogen-bond donors (Lipinski definition) is 0. The zero-order valence-corrected chi connectivity index (χ0v) is 8.17. The number of aldehydes is 1. The summed E-state index contributed by atoms with van der Waals surface area (Å²) >= 11 is 0. The molecular weight excluding hydrogens is 202 g/mol. The minimum atomic E-state index is -2.81. The SMILES string of the molecule is CCC(=O)c1cccc(C=O)c1C(F)F. The Morgan fingerprint density at radius 2 is 2.13 bits per heavy atom. The maximum Gasteiger partial charge on any atom is 0.265 e. The van der Waals surface area contributed by atoms with E-state index in [0.29, 0.717) is 6.29 Å². The number of hydrogen-bond acceptors (Lipinski definition) is 2. The molecule has 4 heteroatoms. The first-order valence-electron chi connectivity index (χ1n) is 4.51. The van der Waals surface area contributed by atoms with E-state index in [1.807, 2.05) is 0 Å². The van der Waals surface area contributed by atoms with E-state index < -0.39 is 12.0 Å². The van der Waals surface area contributed by atoms with Crippen LogP contribution in [0.2, 0.25) is 0 Å². The van der Waals surface area contributed by atoms with Gasteiger partial charge in [0.15, 0.2) is 12.1 Å². The number of benzene rings is 1. The molecule has 0 fully saturated rings. The average molecular weight is 212 g/mol. The summed E-state index contributed by atoms with van der Waals surface area (Å²) in [6, 6.07) is 4.03. The first-order valence-corrected chi connectivity index (χ1v) is 4.51. The molecule has 0 bridgehead atoms. The number of halogens is 2. The van der Waals surface area contributed by atoms with Crippen molar-refractivity contribution in [2.45, 2.75) is 19.8 Å². The zero-order chi connectivity index (χ0) is 11.4. The van der Waals surface area contributed by atoms with Gasteiger partial charge >= 0.3 is 0 Å². The molecule has 0 atom stereocenters.